The first-order chi connectivity index (χ1) is 14.5. The van der Waals surface area contributed by atoms with Crippen LogP contribution < -0.4 is 9.64 Å². The monoisotopic (exact) mass is 428 g/mol. The van der Waals surface area contributed by atoms with E-state index in [0.717, 1.165) is 28.5 Å². The zero-order chi connectivity index (χ0) is 21.0. The third-order valence-electron chi connectivity index (χ3n) is 5.36. The van der Waals surface area contributed by atoms with Crippen molar-refractivity contribution in [3.8, 4) is 5.75 Å². The minimum Gasteiger partial charge on any atom is -0.490 e. The van der Waals surface area contributed by atoms with Crippen molar-refractivity contribution in [2.45, 2.75) is 38.2 Å². The molecule has 1 aromatic carbocycles. The molecule has 4 rings (SSSR count). The van der Waals surface area contributed by atoms with Gasteiger partial charge in [0.2, 0.25) is 5.95 Å². The van der Waals surface area contributed by atoms with Gasteiger partial charge in [0.15, 0.2) is 11.6 Å². The van der Waals surface area contributed by atoms with E-state index in [4.69, 9.17) is 4.74 Å². The lowest BCUT2D eigenvalue weighted by Gasteiger charge is -2.24. The topological polar surface area (TPSA) is 71.4 Å². The average molecular weight is 429 g/mol. The van der Waals surface area contributed by atoms with Crippen LogP contribution in [0, 0.1) is 12.7 Å². The molecule has 1 aliphatic rings. The standard InChI is InChI=1S/C22H25FN4O2S/c1-16-19(8-15-29-18-7-3-2-6-17(18)23)30-20(26-16)22(28)9-4-13-27(14-10-22)21-24-11-5-12-25-21/h2-3,5-7,11-12,28H,4,8-10,13-15H2,1H3/t22-/m1/s1. The molecule has 158 valence electrons. The normalized spacial score (nSPS) is 19.5. The van der Waals surface area contributed by atoms with E-state index >= 15 is 0 Å². The number of aryl methyl sites for hydroxylation is 1. The molecule has 6 nitrogen and oxygen atoms in total. The molecule has 3 heterocycles. The summed E-state index contributed by atoms with van der Waals surface area (Å²) in [5.41, 5.74) is -0.0584. The number of anilines is 1. The molecule has 1 N–H and O–H groups in total. The number of aromatic nitrogens is 3. The minimum atomic E-state index is -0.955. The number of rotatable bonds is 6. The maximum Gasteiger partial charge on any atom is 0.225 e. The summed E-state index contributed by atoms with van der Waals surface area (Å²) in [6, 6.07) is 8.20. The van der Waals surface area contributed by atoms with Gasteiger partial charge in [0, 0.05) is 43.2 Å². The quantitative estimate of drug-likeness (QED) is 0.643. The van der Waals surface area contributed by atoms with Crippen LogP contribution in [0.3, 0.4) is 0 Å². The molecule has 3 aromatic rings. The predicted octanol–water partition coefficient (Wildman–Crippen LogP) is 3.88. The first-order valence-corrected chi connectivity index (χ1v) is 11.0. The first-order valence-electron chi connectivity index (χ1n) is 10.1. The molecule has 2 aromatic heterocycles. The van der Waals surface area contributed by atoms with E-state index in [0.29, 0.717) is 38.4 Å². The van der Waals surface area contributed by atoms with Gasteiger partial charge in [-0.05, 0) is 38.0 Å². The van der Waals surface area contributed by atoms with E-state index in [1.54, 1.807) is 36.7 Å². The van der Waals surface area contributed by atoms with Crippen molar-refractivity contribution in [3.63, 3.8) is 0 Å². The van der Waals surface area contributed by atoms with E-state index < -0.39 is 5.60 Å². The van der Waals surface area contributed by atoms with Gasteiger partial charge in [-0.15, -0.1) is 11.3 Å². The third-order valence-corrected chi connectivity index (χ3v) is 6.77. The largest absolute Gasteiger partial charge is 0.490 e. The van der Waals surface area contributed by atoms with Crippen molar-refractivity contribution < 1.29 is 14.2 Å². The lowest BCUT2D eigenvalue weighted by atomic mass is 9.96. The summed E-state index contributed by atoms with van der Waals surface area (Å²) in [6.07, 6.45) is 6.15. The lowest BCUT2D eigenvalue weighted by Crippen LogP contribution is -2.30. The lowest BCUT2D eigenvalue weighted by molar-refractivity contribution is 0.0241. The average Bonchev–Trinajstić information content (AvgIpc) is 3.01. The van der Waals surface area contributed by atoms with E-state index in [-0.39, 0.29) is 11.6 Å². The Hall–Kier alpha value is -2.58. The summed E-state index contributed by atoms with van der Waals surface area (Å²) >= 11 is 1.53. The number of halogens is 1. The summed E-state index contributed by atoms with van der Waals surface area (Å²) in [6.45, 7) is 3.79. The zero-order valence-corrected chi connectivity index (χ0v) is 17.7. The van der Waals surface area contributed by atoms with Gasteiger partial charge < -0.3 is 14.7 Å². The van der Waals surface area contributed by atoms with Gasteiger partial charge in [0.25, 0.3) is 0 Å². The van der Waals surface area contributed by atoms with Crippen molar-refractivity contribution >= 4 is 17.3 Å². The van der Waals surface area contributed by atoms with Crippen LogP contribution in [0.1, 0.15) is 34.8 Å². The smallest absolute Gasteiger partial charge is 0.225 e. The molecule has 0 amide bonds. The van der Waals surface area contributed by atoms with Gasteiger partial charge >= 0.3 is 0 Å². The molecule has 1 fully saturated rings. The summed E-state index contributed by atoms with van der Waals surface area (Å²) in [5.74, 6) is 0.590. The number of hydrogen-bond acceptors (Lipinski definition) is 7. The third kappa shape index (κ3) is 4.60. The molecule has 30 heavy (non-hydrogen) atoms. The van der Waals surface area contributed by atoms with Crippen LogP contribution in [-0.2, 0) is 12.0 Å². The molecule has 8 heteroatoms. The number of benzene rings is 1. The fraction of sp³-hybridized carbons (Fsp3) is 0.409. The van der Waals surface area contributed by atoms with E-state index in [9.17, 15) is 9.50 Å². The van der Waals surface area contributed by atoms with Crippen molar-refractivity contribution in [3.05, 3.63) is 64.1 Å². The van der Waals surface area contributed by atoms with Crippen molar-refractivity contribution in [2.24, 2.45) is 0 Å². The molecule has 1 atom stereocenters. The number of hydrogen-bond donors (Lipinski definition) is 1. The molecule has 0 aliphatic carbocycles. The SMILES string of the molecule is Cc1nc([C@@]2(O)CCCN(c3ncccn3)CC2)sc1CCOc1ccccc1F. The second-order valence-corrected chi connectivity index (χ2v) is 8.56. The Morgan fingerprint density at radius 3 is 2.77 bits per heavy atom. The Morgan fingerprint density at radius 2 is 1.97 bits per heavy atom. The molecule has 0 saturated carbocycles. The van der Waals surface area contributed by atoms with Crippen LogP contribution in [0.4, 0.5) is 10.3 Å². The van der Waals surface area contributed by atoms with Crippen molar-refractivity contribution in [1.29, 1.82) is 0 Å². The maximum atomic E-state index is 13.7. The van der Waals surface area contributed by atoms with Crippen LogP contribution in [0.25, 0.3) is 0 Å². The maximum absolute atomic E-state index is 13.7. The van der Waals surface area contributed by atoms with Gasteiger partial charge in [-0.25, -0.2) is 19.3 Å². The molecule has 1 saturated heterocycles. The first kappa shape index (κ1) is 20.7. The summed E-state index contributed by atoms with van der Waals surface area (Å²) < 4.78 is 19.3. The predicted molar refractivity (Wildman–Crippen MR) is 114 cm³/mol. The van der Waals surface area contributed by atoms with Crippen LogP contribution >= 0.6 is 11.3 Å². The highest BCUT2D eigenvalue weighted by molar-refractivity contribution is 7.11. The van der Waals surface area contributed by atoms with Gasteiger partial charge in [-0.1, -0.05) is 12.1 Å². The van der Waals surface area contributed by atoms with Crippen molar-refractivity contribution in [1.82, 2.24) is 15.0 Å². The number of nitrogens with zero attached hydrogens (tertiary/aromatic N) is 4. The number of thiazole rings is 1. The highest BCUT2D eigenvalue weighted by Gasteiger charge is 2.35. The van der Waals surface area contributed by atoms with Gasteiger partial charge in [-0.2, -0.15) is 0 Å². The molecular formula is C22H25FN4O2S. The molecule has 0 spiro atoms. The van der Waals surface area contributed by atoms with E-state index in [1.807, 2.05) is 6.92 Å². The zero-order valence-electron chi connectivity index (χ0n) is 16.9. The minimum absolute atomic E-state index is 0.255. The Balaban J connectivity index is 1.41. The summed E-state index contributed by atoms with van der Waals surface area (Å²) in [7, 11) is 0. The van der Waals surface area contributed by atoms with Crippen molar-refractivity contribution in [2.75, 3.05) is 24.6 Å². The number of para-hydroxylation sites is 1. The molecule has 0 bridgehead atoms. The molecular weight excluding hydrogens is 403 g/mol. The van der Waals surface area contributed by atoms with Crippen LogP contribution in [0.5, 0.6) is 5.75 Å². The fourth-order valence-electron chi connectivity index (χ4n) is 3.66. The Morgan fingerprint density at radius 1 is 1.17 bits per heavy atom. The second kappa shape index (κ2) is 9.06. The fourth-order valence-corrected chi connectivity index (χ4v) is 4.85. The van der Waals surface area contributed by atoms with Gasteiger partial charge in [-0.3, -0.25) is 0 Å². The van der Waals surface area contributed by atoms with E-state index in [1.165, 1.54) is 17.4 Å². The van der Waals surface area contributed by atoms with Crippen LogP contribution in [0.15, 0.2) is 42.7 Å². The van der Waals surface area contributed by atoms with Gasteiger partial charge in [0.1, 0.15) is 10.6 Å². The molecule has 1 aliphatic heterocycles. The summed E-state index contributed by atoms with van der Waals surface area (Å²) in [4.78, 5) is 16.5. The van der Waals surface area contributed by atoms with E-state index in [2.05, 4.69) is 19.9 Å². The van der Waals surface area contributed by atoms with Gasteiger partial charge in [0.05, 0.1) is 12.3 Å². The number of aliphatic hydroxyl groups is 1. The van der Waals surface area contributed by atoms with Crippen LogP contribution in [0.2, 0.25) is 0 Å². The molecule has 0 unspecified atom stereocenters. The number of ether oxygens (including phenoxy) is 1. The highest BCUT2D eigenvalue weighted by atomic mass is 32.1. The second-order valence-electron chi connectivity index (χ2n) is 7.48. The Bertz CT molecular complexity index is 984. The van der Waals surface area contributed by atoms with Crippen LogP contribution in [-0.4, -0.2) is 39.8 Å². The Kier molecular flexibility index (Phi) is 6.24. The molecule has 0 radical (unpaired) electrons. The highest BCUT2D eigenvalue weighted by Crippen LogP contribution is 2.37. The summed E-state index contributed by atoms with van der Waals surface area (Å²) in [5, 5.41) is 12.1. The Labute approximate surface area is 179 Å².